The van der Waals surface area contributed by atoms with Crippen molar-refractivity contribution in [2.75, 3.05) is 13.2 Å². The lowest BCUT2D eigenvalue weighted by molar-refractivity contribution is 0.172. The fraction of sp³-hybridized carbons (Fsp3) is 0.200. The van der Waals surface area contributed by atoms with Gasteiger partial charge in [0.25, 0.3) is 0 Å². The normalized spacial score (nSPS) is 13.5. The average Bonchev–Trinajstić information content (AvgIpc) is 2.93. The molecule has 0 atom stereocenters. The summed E-state index contributed by atoms with van der Waals surface area (Å²) in [6.07, 6.45) is 1.80. The lowest BCUT2D eigenvalue weighted by atomic mass is 10.2. The summed E-state index contributed by atoms with van der Waals surface area (Å²) in [6, 6.07) is 9.78. The van der Waals surface area contributed by atoms with Crippen molar-refractivity contribution in [3.8, 4) is 11.5 Å². The Morgan fingerprint density at radius 1 is 1.14 bits per heavy atom. The first-order valence-corrected chi connectivity index (χ1v) is 7.69. The van der Waals surface area contributed by atoms with Gasteiger partial charge in [0.2, 0.25) is 0 Å². The Bertz CT molecular complexity index is 730. The van der Waals surface area contributed by atoms with Crippen LogP contribution in [0.4, 0.5) is 0 Å². The molecule has 0 spiro atoms. The molecule has 1 aliphatic rings. The molecule has 3 heterocycles. The molecule has 0 fully saturated rings. The maximum Gasteiger partial charge on any atom is 0.166 e. The van der Waals surface area contributed by atoms with Gasteiger partial charge < -0.3 is 14.5 Å². The second kappa shape index (κ2) is 5.29. The minimum absolute atomic E-state index is 0.588. The van der Waals surface area contributed by atoms with Gasteiger partial charge in [-0.1, -0.05) is 17.8 Å². The van der Waals surface area contributed by atoms with Crippen LogP contribution in [0.15, 0.2) is 41.7 Å². The molecule has 6 heteroatoms. The third kappa shape index (κ3) is 2.54. The first kappa shape index (κ1) is 12.5. The fourth-order valence-electron chi connectivity index (χ4n) is 2.22. The van der Waals surface area contributed by atoms with Crippen LogP contribution in [-0.2, 0) is 5.75 Å². The highest BCUT2D eigenvalue weighted by Gasteiger charge is 2.15. The van der Waals surface area contributed by atoms with Gasteiger partial charge in [0.1, 0.15) is 13.2 Å². The van der Waals surface area contributed by atoms with Gasteiger partial charge in [0.05, 0.1) is 16.7 Å². The average molecular weight is 299 g/mol. The lowest BCUT2D eigenvalue weighted by Crippen LogP contribution is -2.15. The molecule has 1 aromatic carbocycles. The van der Waals surface area contributed by atoms with Gasteiger partial charge in [-0.25, -0.2) is 4.98 Å². The molecule has 4 rings (SSSR count). The highest BCUT2D eigenvalue weighted by molar-refractivity contribution is 7.98. The van der Waals surface area contributed by atoms with E-state index in [0.717, 1.165) is 39.1 Å². The number of thioether (sulfide) groups is 1. The highest BCUT2D eigenvalue weighted by Crippen LogP contribution is 2.34. The Kier molecular flexibility index (Phi) is 3.16. The summed E-state index contributed by atoms with van der Waals surface area (Å²) < 4.78 is 11.2. The van der Waals surface area contributed by atoms with Gasteiger partial charge >= 0.3 is 0 Å². The summed E-state index contributed by atoms with van der Waals surface area (Å²) in [6.45, 7) is 1.18. The molecule has 0 aliphatic carbocycles. The Morgan fingerprint density at radius 2 is 2.00 bits per heavy atom. The number of aromatic nitrogens is 3. The van der Waals surface area contributed by atoms with Crippen molar-refractivity contribution in [2.45, 2.75) is 10.9 Å². The Hall–Kier alpha value is -2.21. The standard InChI is InChI=1S/C15H13N3O2S/c1-2-4-16-10(3-1)9-21-15-17-11-7-13-14(8-12(11)18-15)20-6-5-19-13/h1-4,7-8H,5-6,9H2,(H,17,18). The molecule has 21 heavy (non-hydrogen) atoms. The first-order valence-electron chi connectivity index (χ1n) is 6.70. The van der Waals surface area contributed by atoms with E-state index in [1.807, 2.05) is 30.3 Å². The van der Waals surface area contributed by atoms with Crippen LogP contribution in [0, 0.1) is 0 Å². The zero-order valence-corrected chi connectivity index (χ0v) is 12.0. The minimum Gasteiger partial charge on any atom is -0.486 e. The van der Waals surface area contributed by atoms with Gasteiger partial charge in [0, 0.05) is 24.1 Å². The third-order valence-corrected chi connectivity index (χ3v) is 4.11. The van der Waals surface area contributed by atoms with Crippen LogP contribution >= 0.6 is 11.8 Å². The van der Waals surface area contributed by atoms with Crippen LogP contribution in [0.25, 0.3) is 11.0 Å². The molecule has 0 amide bonds. The number of nitrogens with zero attached hydrogens (tertiary/aromatic N) is 2. The number of fused-ring (bicyclic) bond motifs is 2. The van der Waals surface area contributed by atoms with E-state index in [9.17, 15) is 0 Å². The van der Waals surface area contributed by atoms with Gasteiger partial charge in [-0.15, -0.1) is 0 Å². The van der Waals surface area contributed by atoms with Crippen molar-refractivity contribution in [1.29, 1.82) is 0 Å². The predicted octanol–water partition coefficient (Wildman–Crippen LogP) is 3.02. The number of benzene rings is 1. The number of rotatable bonds is 3. The molecule has 3 aromatic rings. The maximum absolute atomic E-state index is 5.58. The zero-order valence-electron chi connectivity index (χ0n) is 11.2. The summed E-state index contributed by atoms with van der Waals surface area (Å²) in [5.41, 5.74) is 2.89. The Labute approximate surface area is 125 Å². The first-order chi connectivity index (χ1) is 10.4. The summed E-state index contributed by atoms with van der Waals surface area (Å²) >= 11 is 1.63. The highest BCUT2D eigenvalue weighted by atomic mass is 32.2. The van der Waals surface area contributed by atoms with E-state index in [2.05, 4.69) is 15.0 Å². The monoisotopic (exact) mass is 299 g/mol. The molecular formula is C15H13N3O2S. The molecule has 1 aliphatic heterocycles. The summed E-state index contributed by atoms with van der Waals surface area (Å²) in [4.78, 5) is 12.2. The molecular weight excluding hydrogens is 286 g/mol. The van der Waals surface area contributed by atoms with Crippen molar-refractivity contribution in [3.63, 3.8) is 0 Å². The largest absolute Gasteiger partial charge is 0.486 e. The molecule has 1 N–H and O–H groups in total. The maximum atomic E-state index is 5.58. The summed E-state index contributed by atoms with van der Waals surface area (Å²) in [5, 5.41) is 0.873. The van der Waals surface area contributed by atoms with E-state index in [1.165, 1.54) is 0 Å². The molecule has 0 radical (unpaired) electrons. The van der Waals surface area contributed by atoms with E-state index < -0.39 is 0 Å². The molecule has 106 valence electrons. The smallest absolute Gasteiger partial charge is 0.166 e. The number of hydrogen-bond donors (Lipinski definition) is 1. The van der Waals surface area contributed by atoms with E-state index in [-0.39, 0.29) is 0 Å². The SMILES string of the molecule is c1ccc(CSc2nc3cc4c(cc3[nH]2)OCCO4)nc1. The number of pyridine rings is 1. The van der Waals surface area contributed by atoms with E-state index >= 15 is 0 Å². The van der Waals surface area contributed by atoms with Crippen molar-refractivity contribution in [1.82, 2.24) is 15.0 Å². The summed E-state index contributed by atoms with van der Waals surface area (Å²) in [5.74, 6) is 2.33. The van der Waals surface area contributed by atoms with Gasteiger partial charge in [-0.2, -0.15) is 0 Å². The second-order valence-corrected chi connectivity index (χ2v) is 5.63. The number of nitrogens with one attached hydrogen (secondary N) is 1. The topological polar surface area (TPSA) is 60.0 Å². The van der Waals surface area contributed by atoms with Gasteiger partial charge in [-0.3, -0.25) is 4.98 Å². The number of H-pyrrole nitrogens is 1. The van der Waals surface area contributed by atoms with Crippen LogP contribution in [0.3, 0.4) is 0 Å². The van der Waals surface area contributed by atoms with Crippen molar-refractivity contribution in [3.05, 3.63) is 42.2 Å². The minimum atomic E-state index is 0.588. The lowest BCUT2D eigenvalue weighted by Gasteiger charge is -2.17. The quantitative estimate of drug-likeness (QED) is 0.753. The van der Waals surface area contributed by atoms with E-state index in [4.69, 9.17) is 9.47 Å². The van der Waals surface area contributed by atoms with Crippen molar-refractivity contribution >= 4 is 22.8 Å². The molecule has 5 nitrogen and oxygen atoms in total. The zero-order chi connectivity index (χ0) is 14.1. The molecule has 0 saturated heterocycles. The molecule has 2 aromatic heterocycles. The van der Waals surface area contributed by atoms with Crippen LogP contribution in [-0.4, -0.2) is 28.2 Å². The predicted molar refractivity (Wildman–Crippen MR) is 80.9 cm³/mol. The van der Waals surface area contributed by atoms with Gasteiger partial charge in [0.15, 0.2) is 16.7 Å². The molecule has 0 bridgehead atoms. The Morgan fingerprint density at radius 3 is 2.81 bits per heavy atom. The fourth-order valence-corrected chi connectivity index (χ4v) is 3.02. The number of aromatic amines is 1. The van der Waals surface area contributed by atoms with Crippen molar-refractivity contribution in [2.24, 2.45) is 0 Å². The van der Waals surface area contributed by atoms with Crippen LogP contribution in [0.1, 0.15) is 5.69 Å². The molecule has 0 saturated carbocycles. The molecule has 0 unspecified atom stereocenters. The number of ether oxygens (including phenoxy) is 2. The van der Waals surface area contributed by atoms with E-state index in [1.54, 1.807) is 18.0 Å². The second-order valence-electron chi connectivity index (χ2n) is 4.66. The third-order valence-electron chi connectivity index (χ3n) is 3.21. The van der Waals surface area contributed by atoms with Crippen molar-refractivity contribution < 1.29 is 9.47 Å². The van der Waals surface area contributed by atoms with E-state index in [0.29, 0.717) is 13.2 Å². The summed E-state index contributed by atoms with van der Waals surface area (Å²) in [7, 11) is 0. The number of imidazole rings is 1. The Balaban J connectivity index is 1.59. The number of hydrogen-bond acceptors (Lipinski definition) is 5. The van der Waals surface area contributed by atoms with Crippen LogP contribution in [0.5, 0.6) is 11.5 Å². The van der Waals surface area contributed by atoms with Crippen LogP contribution < -0.4 is 9.47 Å². The van der Waals surface area contributed by atoms with Gasteiger partial charge in [-0.05, 0) is 12.1 Å². The van der Waals surface area contributed by atoms with Crippen LogP contribution in [0.2, 0.25) is 0 Å².